The molecule has 104 valence electrons. The molecule has 0 radical (unpaired) electrons. The fraction of sp³-hybridized carbons (Fsp3) is 0.286. The molecule has 1 aromatic carbocycles. The molecule has 1 aromatic heterocycles. The Hall–Kier alpha value is -1.53. The van der Waals surface area contributed by atoms with Crippen LogP contribution in [0.5, 0.6) is 0 Å². The summed E-state index contributed by atoms with van der Waals surface area (Å²) in [6, 6.07) is 2.78. The van der Waals surface area contributed by atoms with Gasteiger partial charge < -0.3 is 10.0 Å². The van der Waals surface area contributed by atoms with Gasteiger partial charge in [0.15, 0.2) is 0 Å². The monoisotopic (exact) mass is 338 g/mol. The van der Waals surface area contributed by atoms with Gasteiger partial charge in [0, 0.05) is 42.2 Å². The van der Waals surface area contributed by atoms with Gasteiger partial charge in [-0.1, -0.05) is 0 Å². The second-order valence-corrected chi connectivity index (χ2v) is 5.84. The number of carboxylic acid groups (broad SMARTS) is 1. The molecule has 0 fully saturated rings. The minimum absolute atomic E-state index is 0.234. The maximum Gasteiger partial charge on any atom is 0.336 e. The first-order valence-electron chi connectivity index (χ1n) is 6.19. The molecule has 4 nitrogen and oxygen atoms in total. The Morgan fingerprint density at radius 3 is 2.95 bits per heavy atom. The molecule has 0 atom stereocenters. The van der Waals surface area contributed by atoms with E-state index >= 15 is 0 Å². The van der Waals surface area contributed by atoms with Crippen LogP contribution in [0.1, 0.15) is 21.6 Å². The zero-order valence-corrected chi connectivity index (χ0v) is 12.4. The molecule has 2 aromatic rings. The SMILES string of the molecule is CN1CCc2nc3cc(F)c(Br)cc3c(C(=O)O)c2C1. The van der Waals surface area contributed by atoms with Gasteiger partial charge in [-0.25, -0.2) is 9.18 Å². The Balaban J connectivity index is 2.39. The third kappa shape index (κ3) is 2.09. The molecule has 3 rings (SSSR count). The van der Waals surface area contributed by atoms with Crippen molar-refractivity contribution in [3.8, 4) is 0 Å². The van der Waals surface area contributed by atoms with Crippen molar-refractivity contribution in [1.29, 1.82) is 0 Å². The quantitative estimate of drug-likeness (QED) is 0.868. The van der Waals surface area contributed by atoms with E-state index in [1.807, 2.05) is 7.05 Å². The van der Waals surface area contributed by atoms with E-state index in [2.05, 4.69) is 25.8 Å². The van der Waals surface area contributed by atoms with E-state index in [1.54, 1.807) is 0 Å². The largest absolute Gasteiger partial charge is 0.478 e. The lowest BCUT2D eigenvalue weighted by molar-refractivity contribution is 0.0696. The fourth-order valence-electron chi connectivity index (χ4n) is 2.62. The van der Waals surface area contributed by atoms with E-state index in [0.29, 0.717) is 23.9 Å². The van der Waals surface area contributed by atoms with Crippen LogP contribution in [-0.4, -0.2) is 34.6 Å². The third-order valence-electron chi connectivity index (χ3n) is 3.59. The van der Waals surface area contributed by atoms with E-state index < -0.39 is 11.8 Å². The molecule has 0 saturated heterocycles. The highest BCUT2D eigenvalue weighted by Crippen LogP contribution is 2.30. The number of pyridine rings is 1. The molecule has 0 bridgehead atoms. The molecular weight excluding hydrogens is 327 g/mol. The molecule has 1 aliphatic rings. The fourth-order valence-corrected chi connectivity index (χ4v) is 2.96. The summed E-state index contributed by atoms with van der Waals surface area (Å²) >= 11 is 3.10. The van der Waals surface area contributed by atoms with E-state index in [0.717, 1.165) is 17.8 Å². The Bertz CT molecular complexity index is 733. The van der Waals surface area contributed by atoms with Gasteiger partial charge in [-0.2, -0.15) is 0 Å². The van der Waals surface area contributed by atoms with Gasteiger partial charge >= 0.3 is 5.97 Å². The molecule has 1 aliphatic heterocycles. The Labute approximate surface area is 123 Å². The van der Waals surface area contributed by atoms with Crippen LogP contribution in [0, 0.1) is 5.82 Å². The number of hydrogen-bond donors (Lipinski definition) is 1. The van der Waals surface area contributed by atoms with Crippen LogP contribution in [0.2, 0.25) is 0 Å². The lowest BCUT2D eigenvalue weighted by atomic mass is 9.96. The van der Waals surface area contributed by atoms with E-state index in [9.17, 15) is 14.3 Å². The Kier molecular flexibility index (Phi) is 3.22. The number of fused-ring (bicyclic) bond motifs is 2. The predicted octanol–water partition coefficient (Wildman–Crippen LogP) is 2.82. The molecule has 0 amide bonds. The van der Waals surface area contributed by atoms with E-state index in [-0.39, 0.29) is 10.0 Å². The molecule has 2 heterocycles. The van der Waals surface area contributed by atoms with Crippen molar-refractivity contribution in [2.45, 2.75) is 13.0 Å². The van der Waals surface area contributed by atoms with Crippen molar-refractivity contribution in [3.63, 3.8) is 0 Å². The summed E-state index contributed by atoms with van der Waals surface area (Å²) in [5, 5.41) is 10.0. The number of carbonyl (C=O) groups is 1. The number of carboxylic acids is 1. The summed E-state index contributed by atoms with van der Waals surface area (Å²) in [4.78, 5) is 18.1. The number of benzene rings is 1. The maximum atomic E-state index is 13.6. The van der Waals surface area contributed by atoms with Crippen molar-refractivity contribution < 1.29 is 14.3 Å². The maximum absolute atomic E-state index is 13.6. The zero-order valence-electron chi connectivity index (χ0n) is 10.8. The summed E-state index contributed by atoms with van der Waals surface area (Å²) in [6.45, 7) is 1.37. The third-order valence-corrected chi connectivity index (χ3v) is 4.19. The summed E-state index contributed by atoms with van der Waals surface area (Å²) < 4.78 is 13.9. The minimum Gasteiger partial charge on any atom is -0.478 e. The Morgan fingerprint density at radius 1 is 1.50 bits per heavy atom. The number of likely N-dealkylation sites (N-methyl/N-ethyl adjacent to an activating group) is 1. The number of nitrogens with zero attached hydrogens (tertiary/aromatic N) is 2. The highest BCUT2D eigenvalue weighted by Gasteiger charge is 2.24. The van der Waals surface area contributed by atoms with E-state index in [4.69, 9.17) is 0 Å². The average molecular weight is 339 g/mol. The van der Waals surface area contributed by atoms with Crippen molar-refractivity contribution in [3.05, 3.63) is 39.2 Å². The normalized spacial score (nSPS) is 15.3. The molecule has 0 aliphatic carbocycles. The van der Waals surface area contributed by atoms with E-state index in [1.165, 1.54) is 12.1 Å². The van der Waals surface area contributed by atoms with Crippen LogP contribution >= 0.6 is 15.9 Å². The molecule has 6 heteroatoms. The molecule has 20 heavy (non-hydrogen) atoms. The first-order valence-corrected chi connectivity index (χ1v) is 6.99. The Morgan fingerprint density at radius 2 is 2.25 bits per heavy atom. The number of halogens is 2. The minimum atomic E-state index is -0.998. The molecule has 0 unspecified atom stereocenters. The summed E-state index contributed by atoms with van der Waals surface area (Å²) in [6.07, 6.45) is 0.680. The number of aromatic nitrogens is 1. The van der Waals surface area contributed by atoms with Crippen molar-refractivity contribution in [1.82, 2.24) is 9.88 Å². The summed E-state index contributed by atoms with van der Waals surface area (Å²) in [5.74, 6) is -1.43. The summed E-state index contributed by atoms with van der Waals surface area (Å²) in [5.41, 5.74) is 2.12. The zero-order chi connectivity index (χ0) is 14.4. The highest BCUT2D eigenvalue weighted by molar-refractivity contribution is 9.10. The first-order chi connectivity index (χ1) is 9.47. The standard InChI is InChI=1S/C14H12BrFN2O2/c1-18-3-2-11-8(6-18)13(14(19)20)7-4-9(15)10(16)5-12(7)17-11/h4-5H,2-3,6H2,1H3,(H,19,20). The van der Waals surface area contributed by atoms with Crippen LogP contribution in [0.25, 0.3) is 10.9 Å². The lowest BCUT2D eigenvalue weighted by Crippen LogP contribution is -2.29. The van der Waals surface area contributed by atoms with Gasteiger partial charge in [0.1, 0.15) is 5.82 Å². The van der Waals surface area contributed by atoms with Crippen LogP contribution in [0.4, 0.5) is 4.39 Å². The first kappa shape index (κ1) is 13.5. The van der Waals surface area contributed by atoms with Gasteiger partial charge in [0.2, 0.25) is 0 Å². The van der Waals surface area contributed by atoms with Crippen molar-refractivity contribution in [2.24, 2.45) is 0 Å². The highest BCUT2D eigenvalue weighted by atomic mass is 79.9. The van der Waals surface area contributed by atoms with Crippen molar-refractivity contribution >= 4 is 32.8 Å². The van der Waals surface area contributed by atoms with Gasteiger partial charge in [-0.05, 0) is 29.0 Å². The predicted molar refractivity (Wildman–Crippen MR) is 76.4 cm³/mol. The molecule has 1 N–H and O–H groups in total. The average Bonchev–Trinajstić information content (AvgIpc) is 2.37. The molecule has 0 saturated carbocycles. The van der Waals surface area contributed by atoms with Crippen molar-refractivity contribution in [2.75, 3.05) is 13.6 Å². The van der Waals surface area contributed by atoms with Crippen LogP contribution in [-0.2, 0) is 13.0 Å². The molecule has 0 spiro atoms. The smallest absolute Gasteiger partial charge is 0.336 e. The topological polar surface area (TPSA) is 53.4 Å². The number of aromatic carboxylic acids is 1. The van der Waals surface area contributed by atoms with Gasteiger partial charge in [0.25, 0.3) is 0 Å². The van der Waals surface area contributed by atoms with Crippen LogP contribution in [0.3, 0.4) is 0 Å². The van der Waals surface area contributed by atoms with Crippen LogP contribution in [0.15, 0.2) is 16.6 Å². The van der Waals surface area contributed by atoms with Gasteiger partial charge in [0.05, 0.1) is 15.6 Å². The van der Waals surface area contributed by atoms with Crippen LogP contribution < -0.4 is 0 Å². The second kappa shape index (κ2) is 4.79. The molecular formula is C14H12BrFN2O2. The summed E-state index contributed by atoms with van der Waals surface area (Å²) in [7, 11) is 1.94. The van der Waals surface area contributed by atoms with Gasteiger partial charge in [-0.3, -0.25) is 4.98 Å². The lowest BCUT2D eigenvalue weighted by Gasteiger charge is -2.26. The number of hydrogen-bond acceptors (Lipinski definition) is 3. The number of rotatable bonds is 1. The second-order valence-electron chi connectivity index (χ2n) is 4.99. The van der Waals surface area contributed by atoms with Gasteiger partial charge in [-0.15, -0.1) is 0 Å².